The molecule has 2 N–H and O–H groups in total. The average molecular weight is 331 g/mol. The Hall–Kier alpha value is -2.34. The molecular formula is C16H15ClN4O2. The number of aromatic nitrogens is 2. The summed E-state index contributed by atoms with van der Waals surface area (Å²) < 4.78 is 5.79. The van der Waals surface area contributed by atoms with Gasteiger partial charge in [0.15, 0.2) is 6.10 Å². The quantitative estimate of drug-likeness (QED) is 0.859. The van der Waals surface area contributed by atoms with Crippen LogP contribution in [-0.2, 0) is 24.2 Å². The van der Waals surface area contributed by atoms with E-state index in [4.69, 9.17) is 22.1 Å². The van der Waals surface area contributed by atoms with Gasteiger partial charge in [0, 0.05) is 31.0 Å². The molecule has 7 heteroatoms. The molecule has 2 aliphatic rings. The number of amides is 1. The van der Waals surface area contributed by atoms with Gasteiger partial charge in [-0.3, -0.25) is 4.79 Å². The first-order valence-corrected chi connectivity index (χ1v) is 7.83. The molecule has 1 amide bonds. The van der Waals surface area contributed by atoms with Gasteiger partial charge >= 0.3 is 0 Å². The number of rotatable bonds is 1. The van der Waals surface area contributed by atoms with Crippen molar-refractivity contribution in [2.45, 2.75) is 25.5 Å². The summed E-state index contributed by atoms with van der Waals surface area (Å²) in [5, 5.41) is 8.61. The highest BCUT2D eigenvalue weighted by atomic mass is 35.5. The Morgan fingerprint density at radius 2 is 2.17 bits per heavy atom. The smallest absolute Gasteiger partial charge is 0.264 e. The molecule has 1 aromatic heterocycles. The van der Waals surface area contributed by atoms with Crippen LogP contribution in [0.3, 0.4) is 0 Å². The van der Waals surface area contributed by atoms with Crippen LogP contribution in [0.5, 0.6) is 5.75 Å². The predicted octanol–water partition coefficient (Wildman–Crippen LogP) is 1.60. The van der Waals surface area contributed by atoms with Crippen molar-refractivity contribution in [2.75, 3.05) is 12.3 Å². The first-order chi connectivity index (χ1) is 11.1. The SMILES string of the molecule is Nc1cc2c(nn1)CCN(C(=O)C1Cc3cc(Cl)ccc3O1)C2. The second-order valence-corrected chi connectivity index (χ2v) is 6.25. The maximum absolute atomic E-state index is 12.7. The van der Waals surface area contributed by atoms with E-state index in [1.54, 1.807) is 17.0 Å². The van der Waals surface area contributed by atoms with Crippen molar-refractivity contribution >= 4 is 23.3 Å². The lowest BCUT2D eigenvalue weighted by Crippen LogP contribution is -2.44. The molecule has 0 saturated carbocycles. The molecule has 1 aromatic carbocycles. The zero-order valence-corrected chi connectivity index (χ0v) is 13.1. The highest BCUT2D eigenvalue weighted by Crippen LogP contribution is 2.32. The van der Waals surface area contributed by atoms with E-state index in [0.29, 0.717) is 36.8 Å². The summed E-state index contributed by atoms with van der Waals surface area (Å²) in [5.41, 5.74) is 8.52. The van der Waals surface area contributed by atoms with Crippen molar-refractivity contribution in [1.29, 1.82) is 0 Å². The first kappa shape index (κ1) is 14.3. The number of carbonyl (C=O) groups is 1. The molecule has 0 bridgehead atoms. The molecule has 118 valence electrons. The van der Waals surface area contributed by atoms with Crippen LogP contribution < -0.4 is 10.5 Å². The Bertz CT molecular complexity index is 796. The second kappa shape index (κ2) is 5.38. The minimum absolute atomic E-state index is 0.0154. The van der Waals surface area contributed by atoms with Gasteiger partial charge in [-0.25, -0.2) is 0 Å². The summed E-state index contributed by atoms with van der Waals surface area (Å²) in [5.74, 6) is 1.09. The Morgan fingerprint density at radius 3 is 3.04 bits per heavy atom. The molecule has 0 radical (unpaired) electrons. The van der Waals surface area contributed by atoms with Crippen LogP contribution >= 0.6 is 11.6 Å². The van der Waals surface area contributed by atoms with E-state index in [9.17, 15) is 4.79 Å². The zero-order valence-electron chi connectivity index (χ0n) is 12.3. The number of ether oxygens (including phenoxy) is 1. The van der Waals surface area contributed by atoms with Gasteiger partial charge in [-0.1, -0.05) is 11.6 Å². The third-order valence-corrected chi connectivity index (χ3v) is 4.48. The molecule has 3 heterocycles. The van der Waals surface area contributed by atoms with Crippen LogP contribution in [0.2, 0.25) is 5.02 Å². The summed E-state index contributed by atoms with van der Waals surface area (Å²) in [6, 6.07) is 7.22. The maximum Gasteiger partial charge on any atom is 0.264 e. The predicted molar refractivity (Wildman–Crippen MR) is 85.1 cm³/mol. The minimum Gasteiger partial charge on any atom is -0.480 e. The number of fused-ring (bicyclic) bond motifs is 2. The molecule has 0 spiro atoms. The number of halogens is 1. The number of hydrogen-bond donors (Lipinski definition) is 1. The van der Waals surface area contributed by atoms with Crippen molar-refractivity contribution in [3.8, 4) is 5.75 Å². The summed E-state index contributed by atoms with van der Waals surface area (Å²) in [6.45, 7) is 1.10. The van der Waals surface area contributed by atoms with Gasteiger partial charge in [0.05, 0.1) is 5.69 Å². The van der Waals surface area contributed by atoms with Gasteiger partial charge < -0.3 is 15.4 Å². The number of anilines is 1. The van der Waals surface area contributed by atoms with E-state index in [0.717, 1.165) is 22.6 Å². The van der Waals surface area contributed by atoms with Crippen LogP contribution in [0.15, 0.2) is 24.3 Å². The van der Waals surface area contributed by atoms with Gasteiger partial charge in [-0.15, -0.1) is 5.10 Å². The fraction of sp³-hybridized carbons (Fsp3) is 0.312. The van der Waals surface area contributed by atoms with Crippen LogP contribution in [-0.4, -0.2) is 33.7 Å². The van der Waals surface area contributed by atoms with E-state index in [1.165, 1.54) is 0 Å². The number of nitrogens with two attached hydrogens (primary N) is 1. The second-order valence-electron chi connectivity index (χ2n) is 5.81. The number of nitrogens with zero attached hydrogens (tertiary/aromatic N) is 3. The van der Waals surface area contributed by atoms with Gasteiger partial charge in [-0.05, 0) is 35.4 Å². The summed E-state index contributed by atoms with van der Waals surface area (Å²) in [4.78, 5) is 14.5. The standard InChI is InChI=1S/C16H15ClN4O2/c17-11-1-2-13-9(5-11)6-14(23-13)16(22)21-4-3-12-10(8-21)7-15(18)20-19-12/h1-2,5,7,14H,3-4,6,8H2,(H2,18,20). The van der Waals surface area contributed by atoms with Crippen molar-refractivity contribution in [3.63, 3.8) is 0 Å². The molecule has 6 nitrogen and oxygen atoms in total. The third-order valence-electron chi connectivity index (χ3n) is 4.24. The lowest BCUT2D eigenvalue weighted by atomic mass is 10.0. The van der Waals surface area contributed by atoms with Crippen LogP contribution in [0, 0.1) is 0 Å². The fourth-order valence-corrected chi connectivity index (χ4v) is 3.29. The lowest BCUT2D eigenvalue weighted by Gasteiger charge is -2.29. The molecule has 2 aliphatic heterocycles. The van der Waals surface area contributed by atoms with Crippen molar-refractivity contribution in [3.05, 3.63) is 46.1 Å². The van der Waals surface area contributed by atoms with Gasteiger partial charge in [-0.2, -0.15) is 5.10 Å². The Morgan fingerprint density at radius 1 is 1.30 bits per heavy atom. The lowest BCUT2D eigenvalue weighted by molar-refractivity contribution is -0.138. The van der Waals surface area contributed by atoms with Crippen LogP contribution in [0.25, 0.3) is 0 Å². The number of benzene rings is 1. The topological polar surface area (TPSA) is 81.3 Å². The van der Waals surface area contributed by atoms with Crippen molar-refractivity contribution in [2.24, 2.45) is 0 Å². The zero-order chi connectivity index (χ0) is 16.0. The molecule has 0 aliphatic carbocycles. The Labute approximate surface area is 138 Å². The monoisotopic (exact) mass is 330 g/mol. The van der Waals surface area contributed by atoms with E-state index in [2.05, 4.69) is 10.2 Å². The molecule has 0 saturated heterocycles. The Balaban J connectivity index is 1.51. The Kier molecular flexibility index (Phi) is 3.34. The molecule has 4 rings (SSSR count). The van der Waals surface area contributed by atoms with Crippen molar-refractivity contribution < 1.29 is 9.53 Å². The van der Waals surface area contributed by atoms with E-state index >= 15 is 0 Å². The van der Waals surface area contributed by atoms with Crippen molar-refractivity contribution in [1.82, 2.24) is 15.1 Å². The number of carbonyl (C=O) groups excluding carboxylic acids is 1. The molecule has 0 fully saturated rings. The number of nitrogen functional groups attached to an aromatic ring is 1. The van der Waals surface area contributed by atoms with Gasteiger partial charge in [0.1, 0.15) is 11.6 Å². The average Bonchev–Trinajstić information content (AvgIpc) is 2.96. The molecule has 1 atom stereocenters. The van der Waals surface area contributed by atoms with E-state index in [-0.39, 0.29) is 5.91 Å². The van der Waals surface area contributed by atoms with E-state index in [1.807, 2.05) is 12.1 Å². The van der Waals surface area contributed by atoms with Gasteiger partial charge in [0.25, 0.3) is 5.91 Å². The molecule has 23 heavy (non-hydrogen) atoms. The highest BCUT2D eigenvalue weighted by Gasteiger charge is 2.34. The molecular weight excluding hydrogens is 316 g/mol. The molecule has 1 unspecified atom stereocenters. The van der Waals surface area contributed by atoms with Crippen LogP contribution in [0.1, 0.15) is 16.8 Å². The summed E-state index contributed by atoms with van der Waals surface area (Å²) >= 11 is 5.99. The third kappa shape index (κ3) is 2.59. The minimum atomic E-state index is -0.489. The summed E-state index contributed by atoms with van der Waals surface area (Å²) in [6.07, 6.45) is 0.742. The van der Waals surface area contributed by atoms with Gasteiger partial charge in [0.2, 0.25) is 0 Å². The highest BCUT2D eigenvalue weighted by molar-refractivity contribution is 6.30. The normalized spacial score (nSPS) is 19.0. The summed E-state index contributed by atoms with van der Waals surface area (Å²) in [7, 11) is 0. The first-order valence-electron chi connectivity index (χ1n) is 7.45. The molecule has 2 aromatic rings. The largest absolute Gasteiger partial charge is 0.480 e. The van der Waals surface area contributed by atoms with E-state index < -0.39 is 6.10 Å². The maximum atomic E-state index is 12.7. The van der Waals surface area contributed by atoms with Crippen LogP contribution in [0.4, 0.5) is 5.82 Å². The fourth-order valence-electron chi connectivity index (χ4n) is 3.09. The number of hydrogen-bond acceptors (Lipinski definition) is 5.